The Morgan fingerprint density at radius 2 is 2.04 bits per heavy atom. The minimum Gasteiger partial charge on any atom is -0.396 e. The van der Waals surface area contributed by atoms with E-state index in [0.717, 1.165) is 62.9 Å². The second kappa shape index (κ2) is 13.3. The van der Waals surface area contributed by atoms with Crippen molar-refractivity contribution in [2.45, 2.75) is 71.9 Å². The topological polar surface area (TPSA) is 87.4 Å². The van der Waals surface area contributed by atoms with Crippen LogP contribution in [0.25, 0.3) is 0 Å². The third-order valence-electron chi connectivity index (χ3n) is 4.70. The van der Waals surface area contributed by atoms with E-state index in [1.165, 1.54) is 19.3 Å². The number of aryl methyl sites for hydroxylation is 1. The Kier molecular flexibility index (Phi) is 11.8. The molecule has 2 heterocycles. The summed E-state index contributed by atoms with van der Waals surface area (Å²) in [5.41, 5.74) is 0. The lowest BCUT2D eigenvalue weighted by molar-refractivity contribution is 0.251. The van der Waals surface area contributed by atoms with Crippen LogP contribution in [0.4, 0.5) is 0 Å². The largest absolute Gasteiger partial charge is 0.396 e. The molecule has 26 heavy (non-hydrogen) atoms. The van der Waals surface area contributed by atoms with Crippen molar-refractivity contribution in [1.82, 2.24) is 25.4 Å². The summed E-state index contributed by atoms with van der Waals surface area (Å²) in [5.74, 6) is 3.34. The molecule has 1 unspecified atom stereocenters. The Hall–Kier alpha value is -0.900. The standard InChI is InChI=1S/C18H34N6O.HI/c1-3-8-15(10-12-25)13-20-18(19-4-2)21-14-17-23-22-16-9-6-5-7-11-24(16)17;/h15,25H,3-14H2,1-2H3,(H2,19,20,21);1H. The first-order chi connectivity index (χ1) is 12.3. The average Bonchev–Trinajstić information content (AvgIpc) is 2.84. The van der Waals surface area contributed by atoms with Crippen LogP contribution >= 0.6 is 24.0 Å². The zero-order chi connectivity index (χ0) is 17.9. The normalized spacial score (nSPS) is 15.6. The summed E-state index contributed by atoms with van der Waals surface area (Å²) in [6, 6.07) is 0. The maximum atomic E-state index is 9.20. The van der Waals surface area contributed by atoms with Crippen LogP contribution in [0.1, 0.15) is 64.0 Å². The van der Waals surface area contributed by atoms with Crippen molar-refractivity contribution in [3.63, 3.8) is 0 Å². The first-order valence-corrected chi connectivity index (χ1v) is 9.82. The number of nitrogens with zero attached hydrogens (tertiary/aromatic N) is 4. The predicted molar refractivity (Wildman–Crippen MR) is 116 cm³/mol. The molecule has 0 saturated heterocycles. The molecule has 0 fully saturated rings. The first kappa shape index (κ1) is 23.1. The lowest BCUT2D eigenvalue weighted by Crippen LogP contribution is -2.40. The van der Waals surface area contributed by atoms with E-state index in [0.29, 0.717) is 12.5 Å². The summed E-state index contributed by atoms with van der Waals surface area (Å²) in [6.07, 6.45) is 7.76. The molecule has 0 aromatic carbocycles. The van der Waals surface area contributed by atoms with Crippen LogP contribution in [-0.2, 0) is 19.5 Å². The Morgan fingerprint density at radius 1 is 1.19 bits per heavy atom. The van der Waals surface area contributed by atoms with Gasteiger partial charge in [-0.2, -0.15) is 0 Å². The number of aliphatic hydroxyl groups is 1. The third-order valence-corrected chi connectivity index (χ3v) is 4.70. The zero-order valence-corrected chi connectivity index (χ0v) is 18.5. The van der Waals surface area contributed by atoms with Crippen molar-refractivity contribution in [3.8, 4) is 0 Å². The Labute approximate surface area is 174 Å². The van der Waals surface area contributed by atoms with Gasteiger partial charge in [0.25, 0.3) is 0 Å². The van der Waals surface area contributed by atoms with Crippen LogP contribution < -0.4 is 10.6 Å². The number of rotatable bonds is 9. The molecule has 0 spiro atoms. The minimum atomic E-state index is 0. The van der Waals surface area contributed by atoms with Gasteiger partial charge in [-0.1, -0.05) is 19.8 Å². The van der Waals surface area contributed by atoms with E-state index in [-0.39, 0.29) is 30.6 Å². The quantitative estimate of drug-likeness (QED) is 0.289. The van der Waals surface area contributed by atoms with Crippen molar-refractivity contribution in [3.05, 3.63) is 11.6 Å². The fraction of sp³-hybridized carbons (Fsp3) is 0.833. The van der Waals surface area contributed by atoms with Crippen molar-refractivity contribution >= 4 is 29.9 Å². The highest BCUT2D eigenvalue weighted by Crippen LogP contribution is 2.15. The fourth-order valence-electron chi connectivity index (χ4n) is 3.33. The molecule has 0 radical (unpaired) electrons. The van der Waals surface area contributed by atoms with Crippen LogP contribution in [0.15, 0.2) is 4.99 Å². The van der Waals surface area contributed by atoms with Crippen LogP contribution in [0.3, 0.4) is 0 Å². The molecule has 150 valence electrons. The van der Waals surface area contributed by atoms with E-state index in [9.17, 15) is 5.11 Å². The molecule has 1 aromatic heterocycles. The molecule has 1 aromatic rings. The molecule has 1 aliphatic heterocycles. The van der Waals surface area contributed by atoms with E-state index < -0.39 is 0 Å². The monoisotopic (exact) mass is 478 g/mol. The van der Waals surface area contributed by atoms with Gasteiger partial charge < -0.3 is 20.3 Å². The van der Waals surface area contributed by atoms with E-state index in [1.54, 1.807) is 0 Å². The van der Waals surface area contributed by atoms with Crippen molar-refractivity contribution in [2.75, 3.05) is 19.7 Å². The van der Waals surface area contributed by atoms with E-state index in [4.69, 9.17) is 4.99 Å². The molecule has 1 atom stereocenters. The summed E-state index contributed by atoms with van der Waals surface area (Å²) in [5, 5.41) is 24.6. The van der Waals surface area contributed by atoms with Crippen molar-refractivity contribution in [2.24, 2.45) is 10.9 Å². The SMILES string of the molecule is CCCC(CCO)CNC(=NCc1nnc2n1CCCCC2)NCC.I. The van der Waals surface area contributed by atoms with E-state index in [1.807, 2.05) is 0 Å². The van der Waals surface area contributed by atoms with Crippen LogP contribution in [0, 0.1) is 5.92 Å². The molecule has 1 aliphatic rings. The summed E-state index contributed by atoms with van der Waals surface area (Å²) >= 11 is 0. The summed E-state index contributed by atoms with van der Waals surface area (Å²) in [7, 11) is 0. The molecule has 2 rings (SSSR count). The number of halogens is 1. The lowest BCUT2D eigenvalue weighted by atomic mass is 10.0. The summed E-state index contributed by atoms with van der Waals surface area (Å²) in [4.78, 5) is 4.70. The maximum Gasteiger partial charge on any atom is 0.191 e. The van der Waals surface area contributed by atoms with Gasteiger partial charge in [0.1, 0.15) is 12.4 Å². The first-order valence-electron chi connectivity index (χ1n) is 9.82. The smallest absolute Gasteiger partial charge is 0.191 e. The molecule has 0 bridgehead atoms. The van der Waals surface area contributed by atoms with Gasteiger partial charge in [0.05, 0.1) is 0 Å². The van der Waals surface area contributed by atoms with Gasteiger partial charge in [-0.3, -0.25) is 0 Å². The highest BCUT2D eigenvalue weighted by atomic mass is 127. The number of aliphatic hydroxyl groups excluding tert-OH is 1. The van der Waals surface area contributed by atoms with Crippen LogP contribution in [-0.4, -0.2) is 45.5 Å². The number of aromatic nitrogens is 3. The number of hydrogen-bond donors (Lipinski definition) is 3. The molecular formula is C18H35IN6O. The molecule has 0 amide bonds. The molecule has 0 saturated carbocycles. The van der Waals surface area contributed by atoms with Crippen molar-refractivity contribution in [1.29, 1.82) is 0 Å². The van der Waals surface area contributed by atoms with E-state index in [2.05, 4.69) is 39.2 Å². The van der Waals surface area contributed by atoms with Gasteiger partial charge in [-0.05, 0) is 38.5 Å². The van der Waals surface area contributed by atoms with E-state index >= 15 is 0 Å². The van der Waals surface area contributed by atoms with Gasteiger partial charge in [0, 0.05) is 32.7 Å². The molecular weight excluding hydrogens is 443 g/mol. The number of fused-ring (bicyclic) bond motifs is 1. The highest BCUT2D eigenvalue weighted by Gasteiger charge is 2.14. The van der Waals surface area contributed by atoms with Gasteiger partial charge in [-0.15, -0.1) is 34.2 Å². The summed E-state index contributed by atoms with van der Waals surface area (Å²) < 4.78 is 2.24. The summed E-state index contributed by atoms with van der Waals surface area (Å²) in [6.45, 7) is 7.69. The fourth-order valence-corrected chi connectivity index (χ4v) is 3.33. The highest BCUT2D eigenvalue weighted by molar-refractivity contribution is 14.0. The second-order valence-corrected chi connectivity index (χ2v) is 6.74. The van der Waals surface area contributed by atoms with Gasteiger partial charge >= 0.3 is 0 Å². The second-order valence-electron chi connectivity index (χ2n) is 6.74. The number of guanidine groups is 1. The van der Waals surface area contributed by atoms with Crippen LogP contribution in [0.2, 0.25) is 0 Å². The molecule has 8 heteroatoms. The number of hydrogen-bond acceptors (Lipinski definition) is 4. The van der Waals surface area contributed by atoms with Gasteiger partial charge in [0.2, 0.25) is 0 Å². The Balaban J connectivity index is 0.00000338. The minimum absolute atomic E-state index is 0. The Morgan fingerprint density at radius 3 is 2.77 bits per heavy atom. The average molecular weight is 478 g/mol. The molecule has 3 N–H and O–H groups in total. The number of aliphatic imine (C=N–C) groups is 1. The van der Waals surface area contributed by atoms with Gasteiger partial charge in [0.15, 0.2) is 11.8 Å². The number of nitrogens with one attached hydrogen (secondary N) is 2. The van der Waals surface area contributed by atoms with Crippen LogP contribution in [0.5, 0.6) is 0 Å². The van der Waals surface area contributed by atoms with Crippen molar-refractivity contribution < 1.29 is 5.11 Å². The lowest BCUT2D eigenvalue weighted by Gasteiger charge is -2.18. The molecule has 0 aliphatic carbocycles. The molecule has 7 nitrogen and oxygen atoms in total. The van der Waals surface area contributed by atoms with Gasteiger partial charge in [-0.25, -0.2) is 4.99 Å². The maximum absolute atomic E-state index is 9.20. The third kappa shape index (κ3) is 7.38. The zero-order valence-electron chi connectivity index (χ0n) is 16.2. The Bertz CT molecular complexity index is 528. The predicted octanol–water partition coefficient (Wildman–Crippen LogP) is 2.48.